The minimum absolute atomic E-state index is 0.121. The van der Waals surface area contributed by atoms with E-state index >= 15 is 0 Å². The van der Waals surface area contributed by atoms with E-state index in [2.05, 4.69) is 58.9 Å². The number of nitrogens with zero attached hydrogens (tertiary/aromatic N) is 5. The Kier molecular flexibility index (Phi) is 6.96. The van der Waals surface area contributed by atoms with Crippen LogP contribution in [0.3, 0.4) is 0 Å². The van der Waals surface area contributed by atoms with Gasteiger partial charge in [-0.05, 0) is 51.1 Å². The highest BCUT2D eigenvalue weighted by Crippen LogP contribution is 2.32. The van der Waals surface area contributed by atoms with Gasteiger partial charge in [0.1, 0.15) is 0 Å². The molecule has 1 amide bonds. The van der Waals surface area contributed by atoms with Crippen molar-refractivity contribution >= 4 is 23.4 Å². The maximum Gasteiger partial charge on any atom is 0.240 e. The molecule has 0 saturated carbocycles. The van der Waals surface area contributed by atoms with Crippen LogP contribution in [0.25, 0.3) is 0 Å². The Morgan fingerprint density at radius 3 is 2.53 bits per heavy atom. The highest BCUT2D eigenvalue weighted by molar-refractivity contribution is 8.00. The predicted octanol–water partition coefficient (Wildman–Crippen LogP) is 4.41. The molecule has 2 aromatic carbocycles. The Bertz CT molecular complexity index is 1070. The maximum absolute atomic E-state index is 13.3. The van der Waals surface area contributed by atoms with E-state index in [-0.39, 0.29) is 17.2 Å². The predicted molar refractivity (Wildman–Crippen MR) is 130 cm³/mol. The van der Waals surface area contributed by atoms with Gasteiger partial charge in [-0.15, -0.1) is 10.2 Å². The number of para-hydroxylation sites is 1. The van der Waals surface area contributed by atoms with Gasteiger partial charge in [0.15, 0.2) is 11.0 Å². The molecule has 6 nitrogen and oxygen atoms in total. The zero-order valence-electron chi connectivity index (χ0n) is 19.2. The van der Waals surface area contributed by atoms with Crippen LogP contribution in [0.15, 0.2) is 59.8 Å². The molecule has 168 valence electrons. The van der Waals surface area contributed by atoms with Gasteiger partial charge in [-0.3, -0.25) is 9.69 Å². The quantitative estimate of drug-likeness (QED) is 0.477. The van der Waals surface area contributed by atoms with Crippen LogP contribution in [0.2, 0.25) is 0 Å². The second kappa shape index (κ2) is 9.88. The van der Waals surface area contributed by atoms with Gasteiger partial charge >= 0.3 is 0 Å². The first kappa shape index (κ1) is 22.6. The summed E-state index contributed by atoms with van der Waals surface area (Å²) in [6, 6.07) is 18.7. The third-order valence-corrected chi connectivity index (χ3v) is 7.09. The lowest BCUT2D eigenvalue weighted by Crippen LogP contribution is -2.35. The monoisotopic (exact) mass is 449 g/mol. The molecule has 0 saturated heterocycles. The van der Waals surface area contributed by atoms with Gasteiger partial charge in [0.2, 0.25) is 5.91 Å². The summed E-state index contributed by atoms with van der Waals surface area (Å²) >= 11 is 1.50. The molecule has 0 bridgehead atoms. The molecule has 1 aromatic heterocycles. The Morgan fingerprint density at radius 2 is 1.81 bits per heavy atom. The molecule has 0 aliphatic carbocycles. The highest BCUT2D eigenvalue weighted by Gasteiger charge is 2.30. The number of thioether (sulfide) groups is 1. The van der Waals surface area contributed by atoms with E-state index in [1.165, 1.54) is 22.9 Å². The Morgan fingerprint density at radius 1 is 1.09 bits per heavy atom. The average molecular weight is 450 g/mol. The van der Waals surface area contributed by atoms with Crippen molar-refractivity contribution in [3.05, 3.63) is 71.5 Å². The van der Waals surface area contributed by atoms with Crippen LogP contribution in [0.5, 0.6) is 0 Å². The second-order valence-corrected chi connectivity index (χ2v) is 9.74. The van der Waals surface area contributed by atoms with Crippen molar-refractivity contribution in [2.24, 2.45) is 0 Å². The molecule has 7 heteroatoms. The van der Waals surface area contributed by atoms with E-state index in [1.807, 2.05) is 48.2 Å². The molecular weight excluding hydrogens is 418 g/mol. The smallest absolute Gasteiger partial charge is 0.240 e. The molecule has 0 radical (unpaired) electrons. The van der Waals surface area contributed by atoms with Crippen LogP contribution in [0.4, 0.5) is 5.69 Å². The van der Waals surface area contributed by atoms with Crippen molar-refractivity contribution in [3.63, 3.8) is 0 Å². The zero-order valence-corrected chi connectivity index (χ0v) is 20.0. The van der Waals surface area contributed by atoms with Crippen LogP contribution >= 0.6 is 11.8 Å². The molecule has 4 rings (SSSR count). The summed E-state index contributed by atoms with van der Waals surface area (Å²) in [5, 5.41) is 9.64. The van der Waals surface area contributed by atoms with Gasteiger partial charge in [0, 0.05) is 12.2 Å². The SMILES string of the molecule is CC[C@H](c1nnc(S[C@@H](C)C(=O)N2CCc3ccccc32)n1Cc1ccccc1)N(C)C. The fourth-order valence-corrected chi connectivity index (χ4v) is 5.24. The van der Waals surface area contributed by atoms with E-state index in [4.69, 9.17) is 0 Å². The summed E-state index contributed by atoms with van der Waals surface area (Å²) in [5.74, 6) is 1.06. The Hall–Kier alpha value is -2.64. The normalized spacial score (nSPS) is 15.1. The number of benzene rings is 2. The third kappa shape index (κ3) is 4.59. The first-order valence-corrected chi connectivity index (χ1v) is 12.1. The van der Waals surface area contributed by atoms with Crippen LogP contribution in [0.1, 0.15) is 43.3 Å². The Balaban J connectivity index is 1.60. The molecule has 2 atom stereocenters. The number of fused-ring (bicyclic) bond motifs is 1. The van der Waals surface area contributed by atoms with Gasteiger partial charge in [-0.1, -0.05) is 67.2 Å². The lowest BCUT2D eigenvalue weighted by molar-refractivity contribution is -0.117. The fourth-order valence-electron chi connectivity index (χ4n) is 4.32. The molecule has 0 unspecified atom stereocenters. The number of anilines is 1. The number of hydrogen-bond acceptors (Lipinski definition) is 5. The highest BCUT2D eigenvalue weighted by atomic mass is 32.2. The number of hydrogen-bond donors (Lipinski definition) is 0. The number of amides is 1. The van der Waals surface area contributed by atoms with Crippen LogP contribution in [-0.2, 0) is 17.8 Å². The molecule has 3 aromatic rings. The first-order valence-electron chi connectivity index (χ1n) is 11.2. The van der Waals surface area contributed by atoms with Gasteiger partial charge in [0.05, 0.1) is 17.8 Å². The lowest BCUT2D eigenvalue weighted by Gasteiger charge is -2.24. The topological polar surface area (TPSA) is 54.3 Å². The number of carbonyl (C=O) groups excluding carboxylic acids is 1. The fraction of sp³-hybridized carbons (Fsp3) is 0.400. The summed E-state index contributed by atoms with van der Waals surface area (Å²) in [7, 11) is 4.14. The van der Waals surface area contributed by atoms with Crippen molar-refractivity contribution in [1.82, 2.24) is 19.7 Å². The van der Waals surface area contributed by atoms with Crippen LogP contribution in [-0.4, -0.2) is 51.5 Å². The van der Waals surface area contributed by atoms with Crippen LogP contribution in [0, 0.1) is 0 Å². The molecule has 0 spiro atoms. The van der Waals surface area contributed by atoms with Crippen molar-refractivity contribution in [2.45, 2.75) is 49.7 Å². The molecule has 1 aliphatic heterocycles. The molecular formula is C25H31N5OS. The van der Waals surface area contributed by atoms with E-state index in [1.54, 1.807) is 0 Å². The Labute approximate surface area is 194 Å². The molecule has 0 N–H and O–H groups in total. The zero-order chi connectivity index (χ0) is 22.7. The van der Waals surface area contributed by atoms with Crippen molar-refractivity contribution in [1.29, 1.82) is 0 Å². The third-order valence-electron chi connectivity index (χ3n) is 6.02. The molecule has 2 heterocycles. The number of aromatic nitrogens is 3. The average Bonchev–Trinajstić information content (AvgIpc) is 3.39. The summed E-state index contributed by atoms with van der Waals surface area (Å²) in [4.78, 5) is 17.4. The van der Waals surface area contributed by atoms with Gasteiger partial charge in [-0.2, -0.15) is 0 Å². The molecule has 32 heavy (non-hydrogen) atoms. The van der Waals surface area contributed by atoms with E-state index in [0.717, 1.165) is 36.1 Å². The van der Waals surface area contributed by atoms with Gasteiger partial charge in [0.25, 0.3) is 0 Å². The summed E-state index contributed by atoms with van der Waals surface area (Å²) in [6.45, 7) is 5.56. The van der Waals surface area contributed by atoms with E-state index in [9.17, 15) is 4.79 Å². The molecule has 1 aliphatic rings. The minimum Gasteiger partial charge on any atom is -0.311 e. The maximum atomic E-state index is 13.3. The summed E-state index contributed by atoms with van der Waals surface area (Å²) in [6.07, 6.45) is 1.85. The lowest BCUT2D eigenvalue weighted by atomic mass is 10.2. The largest absolute Gasteiger partial charge is 0.311 e. The summed E-state index contributed by atoms with van der Waals surface area (Å²) < 4.78 is 2.18. The van der Waals surface area contributed by atoms with E-state index < -0.39 is 0 Å². The summed E-state index contributed by atoms with van der Waals surface area (Å²) in [5.41, 5.74) is 3.47. The molecule has 0 fully saturated rings. The first-order chi connectivity index (χ1) is 15.5. The van der Waals surface area contributed by atoms with E-state index in [0.29, 0.717) is 6.54 Å². The van der Waals surface area contributed by atoms with Crippen LogP contribution < -0.4 is 4.90 Å². The van der Waals surface area contributed by atoms with Gasteiger partial charge < -0.3 is 9.47 Å². The number of carbonyl (C=O) groups is 1. The second-order valence-electron chi connectivity index (χ2n) is 8.43. The van der Waals surface area contributed by atoms with Crippen molar-refractivity contribution in [2.75, 3.05) is 25.5 Å². The van der Waals surface area contributed by atoms with Crippen molar-refractivity contribution < 1.29 is 4.79 Å². The minimum atomic E-state index is -0.257. The van der Waals surface area contributed by atoms with Gasteiger partial charge in [-0.25, -0.2) is 0 Å². The standard InChI is InChI=1S/C25H31N5OS/c1-5-21(28(3)4)23-26-27-25(30(23)17-19-11-7-6-8-12-19)32-18(2)24(31)29-16-15-20-13-9-10-14-22(20)29/h6-14,18,21H,5,15-17H2,1-4H3/t18-,21+/m0/s1. The number of rotatable bonds is 8. The van der Waals surface area contributed by atoms with Crippen molar-refractivity contribution in [3.8, 4) is 0 Å².